The Balaban J connectivity index is 1.54. The highest BCUT2D eigenvalue weighted by molar-refractivity contribution is 6.22. The predicted octanol–water partition coefficient (Wildman–Crippen LogP) is 3.57. The molecule has 6 nitrogen and oxygen atoms in total. The molecule has 1 N–H and O–H groups in total. The topological polar surface area (TPSA) is 79.6 Å². The number of benzene rings is 2. The fraction of sp³-hybridized carbons (Fsp3) is 0.136. The second-order valence-electron chi connectivity index (χ2n) is 6.65. The van der Waals surface area contributed by atoms with Crippen LogP contribution in [0.2, 0.25) is 0 Å². The lowest BCUT2D eigenvalue weighted by Crippen LogP contribution is -2.29. The van der Waals surface area contributed by atoms with E-state index < -0.39 is 5.91 Å². The molecule has 0 spiro atoms. The number of rotatable bonds is 5. The molecular weight excluding hydrogens is 356 g/mol. The summed E-state index contributed by atoms with van der Waals surface area (Å²) in [5, 5.41) is 2.82. The van der Waals surface area contributed by atoms with Gasteiger partial charge in [-0.15, -0.1) is 0 Å². The Hall–Kier alpha value is -3.67. The molecule has 1 aliphatic rings. The van der Waals surface area contributed by atoms with Crippen LogP contribution in [0.15, 0.2) is 71.3 Å². The van der Waals surface area contributed by atoms with Crippen molar-refractivity contribution in [2.24, 2.45) is 0 Å². The normalized spacial score (nSPS) is 14.1. The fourth-order valence-corrected chi connectivity index (χ4v) is 3.23. The summed E-state index contributed by atoms with van der Waals surface area (Å²) in [6.45, 7) is 2.00. The summed E-state index contributed by atoms with van der Waals surface area (Å²) in [6, 6.07) is 17.1. The second kappa shape index (κ2) is 7.15. The molecule has 1 atom stereocenters. The quantitative estimate of drug-likeness (QED) is 0.693. The lowest BCUT2D eigenvalue weighted by molar-refractivity contribution is 0.0642. The van der Waals surface area contributed by atoms with Gasteiger partial charge in [0, 0.05) is 5.56 Å². The molecule has 4 rings (SSSR count). The molecule has 2 aromatic carbocycles. The van der Waals surface area contributed by atoms with E-state index in [4.69, 9.17) is 4.42 Å². The molecule has 1 aromatic heterocycles. The molecule has 0 bridgehead atoms. The minimum atomic E-state index is -0.391. The zero-order valence-electron chi connectivity index (χ0n) is 15.2. The van der Waals surface area contributed by atoms with E-state index in [0.717, 1.165) is 5.56 Å². The molecule has 1 aliphatic heterocycles. The minimum absolute atomic E-state index is 0.199. The number of hydrogen-bond donors (Lipinski definition) is 1. The van der Waals surface area contributed by atoms with Crippen molar-refractivity contribution >= 4 is 17.7 Å². The monoisotopic (exact) mass is 374 g/mol. The van der Waals surface area contributed by atoms with E-state index in [0.29, 0.717) is 16.9 Å². The van der Waals surface area contributed by atoms with Gasteiger partial charge in [-0.05, 0) is 42.8 Å². The maximum absolute atomic E-state index is 12.8. The highest BCUT2D eigenvalue weighted by atomic mass is 16.3. The maximum Gasteiger partial charge on any atom is 0.261 e. The van der Waals surface area contributed by atoms with Crippen molar-refractivity contribution in [1.29, 1.82) is 0 Å². The maximum atomic E-state index is 12.8. The number of carbonyl (C=O) groups is 3. The molecule has 28 heavy (non-hydrogen) atoms. The van der Waals surface area contributed by atoms with Crippen LogP contribution in [0.3, 0.4) is 0 Å². The van der Waals surface area contributed by atoms with Gasteiger partial charge in [0.1, 0.15) is 5.76 Å². The first-order valence-electron chi connectivity index (χ1n) is 8.93. The third-order valence-electron chi connectivity index (χ3n) is 4.73. The van der Waals surface area contributed by atoms with E-state index in [1.165, 1.54) is 17.0 Å². The van der Waals surface area contributed by atoms with Crippen LogP contribution in [0.1, 0.15) is 55.4 Å². The van der Waals surface area contributed by atoms with Gasteiger partial charge in [0.05, 0.1) is 30.0 Å². The Morgan fingerprint density at radius 3 is 2.46 bits per heavy atom. The van der Waals surface area contributed by atoms with E-state index in [1.807, 2.05) is 30.3 Å². The third kappa shape index (κ3) is 3.20. The van der Waals surface area contributed by atoms with Crippen molar-refractivity contribution in [2.75, 3.05) is 0 Å². The second-order valence-corrected chi connectivity index (χ2v) is 6.65. The van der Waals surface area contributed by atoms with E-state index in [-0.39, 0.29) is 30.0 Å². The smallest absolute Gasteiger partial charge is 0.261 e. The molecule has 0 saturated carbocycles. The summed E-state index contributed by atoms with van der Waals surface area (Å²) >= 11 is 0. The number of nitrogens with zero attached hydrogens (tertiary/aromatic N) is 1. The van der Waals surface area contributed by atoms with Crippen LogP contribution in [0.25, 0.3) is 0 Å². The van der Waals surface area contributed by atoms with Gasteiger partial charge in [0.25, 0.3) is 17.7 Å². The zero-order chi connectivity index (χ0) is 19.7. The summed E-state index contributed by atoms with van der Waals surface area (Å²) in [5.41, 5.74) is 1.75. The van der Waals surface area contributed by atoms with E-state index >= 15 is 0 Å². The third-order valence-corrected chi connectivity index (χ3v) is 4.73. The van der Waals surface area contributed by atoms with Crippen molar-refractivity contribution < 1.29 is 18.8 Å². The van der Waals surface area contributed by atoms with Gasteiger partial charge in [-0.1, -0.05) is 30.3 Å². The molecule has 0 fully saturated rings. The standard InChI is InChI=1S/C22H18N2O4/c1-14(19-8-5-11-28-19)23-20(25)16-9-10-17-18(12-16)22(27)24(21(17)26)13-15-6-3-2-4-7-15/h2-12,14H,13H2,1H3,(H,23,25)/t14-/m0/s1. The van der Waals surface area contributed by atoms with Crippen LogP contribution in [0.5, 0.6) is 0 Å². The lowest BCUT2D eigenvalue weighted by Gasteiger charge is -2.13. The Kier molecular flexibility index (Phi) is 4.53. The molecule has 6 heteroatoms. The Morgan fingerprint density at radius 2 is 1.75 bits per heavy atom. The van der Waals surface area contributed by atoms with Crippen LogP contribution >= 0.6 is 0 Å². The molecule has 2 heterocycles. The molecule has 0 aliphatic carbocycles. The predicted molar refractivity (Wildman–Crippen MR) is 102 cm³/mol. The summed E-state index contributed by atoms with van der Waals surface area (Å²) in [6.07, 6.45) is 1.54. The summed E-state index contributed by atoms with van der Waals surface area (Å²) in [4.78, 5) is 39.1. The first kappa shape index (κ1) is 17.7. The van der Waals surface area contributed by atoms with E-state index in [2.05, 4.69) is 5.32 Å². The largest absolute Gasteiger partial charge is 0.467 e. The van der Waals surface area contributed by atoms with Gasteiger partial charge in [-0.3, -0.25) is 19.3 Å². The van der Waals surface area contributed by atoms with Gasteiger partial charge in [-0.2, -0.15) is 0 Å². The van der Waals surface area contributed by atoms with Crippen LogP contribution < -0.4 is 5.32 Å². The molecule has 140 valence electrons. The van der Waals surface area contributed by atoms with Gasteiger partial charge < -0.3 is 9.73 Å². The van der Waals surface area contributed by atoms with Gasteiger partial charge in [0.15, 0.2) is 0 Å². The number of hydrogen-bond acceptors (Lipinski definition) is 4. The van der Waals surface area contributed by atoms with E-state index in [1.54, 1.807) is 31.4 Å². The lowest BCUT2D eigenvalue weighted by atomic mass is 10.0. The number of nitrogens with one attached hydrogen (secondary N) is 1. The highest BCUT2D eigenvalue weighted by Crippen LogP contribution is 2.26. The molecule has 0 saturated heterocycles. The number of fused-ring (bicyclic) bond motifs is 1. The molecular formula is C22H18N2O4. The number of carbonyl (C=O) groups excluding carboxylic acids is 3. The van der Waals surface area contributed by atoms with Gasteiger partial charge in [0.2, 0.25) is 0 Å². The number of imide groups is 1. The number of amides is 3. The Morgan fingerprint density at radius 1 is 1.00 bits per heavy atom. The Labute approximate surface area is 161 Å². The molecule has 0 unspecified atom stereocenters. The first-order chi connectivity index (χ1) is 13.5. The van der Waals surface area contributed by atoms with Gasteiger partial charge in [-0.25, -0.2) is 0 Å². The summed E-state index contributed by atoms with van der Waals surface area (Å²) in [7, 11) is 0. The highest BCUT2D eigenvalue weighted by Gasteiger charge is 2.36. The average Bonchev–Trinajstić information content (AvgIpc) is 3.33. The SMILES string of the molecule is C[C@H](NC(=O)c1ccc2c(c1)C(=O)N(Cc1ccccc1)C2=O)c1ccco1. The van der Waals surface area contributed by atoms with Crippen LogP contribution in [0.4, 0.5) is 0 Å². The first-order valence-corrected chi connectivity index (χ1v) is 8.93. The average molecular weight is 374 g/mol. The number of furan rings is 1. The summed E-state index contributed by atoms with van der Waals surface area (Å²) in [5.74, 6) is -0.444. The summed E-state index contributed by atoms with van der Waals surface area (Å²) < 4.78 is 5.29. The Bertz CT molecular complexity index is 1040. The van der Waals surface area contributed by atoms with Crippen molar-refractivity contribution in [1.82, 2.24) is 10.2 Å². The minimum Gasteiger partial charge on any atom is -0.467 e. The van der Waals surface area contributed by atoms with Crippen LogP contribution in [-0.2, 0) is 6.54 Å². The van der Waals surface area contributed by atoms with E-state index in [9.17, 15) is 14.4 Å². The zero-order valence-corrected chi connectivity index (χ0v) is 15.2. The molecule has 0 radical (unpaired) electrons. The molecule has 3 amide bonds. The van der Waals surface area contributed by atoms with Crippen LogP contribution in [-0.4, -0.2) is 22.6 Å². The van der Waals surface area contributed by atoms with Gasteiger partial charge >= 0.3 is 0 Å². The van der Waals surface area contributed by atoms with Crippen molar-refractivity contribution in [3.05, 3.63) is 94.9 Å². The van der Waals surface area contributed by atoms with Crippen molar-refractivity contribution in [3.8, 4) is 0 Å². The van der Waals surface area contributed by atoms with Crippen molar-refractivity contribution in [2.45, 2.75) is 19.5 Å². The van der Waals surface area contributed by atoms with Crippen LogP contribution in [0, 0.1) is 0 Å². The molecule has 3 aromatic rings. The fourth-order valence-electron chi connectivity index (χ4n) is 3.23. The van der Waals surface area contributed by atoms with Crippen molar-refractivity contribution in [3.63, 3.8) is 0 Å².